The van der Waals surface area contributed by atoms with E-state index in [4.69, 9.17) is 0 Å². The second-order valence-corrected chi connectivity index (χ2v) is 7.59. The number of amides is 1. The van der Waals surface area contributed by atoms with Crippen LogP contribution < -0.4 is 5.32 Å². The van der Waals surface area contributed by atoms with Crippen molar-refractivity contribution < 1.29 is 14.7 Å². The van der Waals surface area contributed by atoms with Gasteiger partial charge in [-0.15, -0.1) is 11.3 Å². The number of hydrogen-bond donors (Lipinski definition) is 2. The Kier molecular flexibility index (Phi) is 3.78. The molecule has 0 radical (unpaired) electrons. The predicted molar refractivity (Wildman–Crippen MR) is 81.8 cm³/mol. The summed E-state index contributed by atoms with van der Waals surface area (Å²) in [6, 6.07) is 1.97. The fourth-order valence-electron chi connectivity index (χ4n) is 3.47. The molecule has 3 rings (SSSR count). The zero-order valence-electron chi connectivity index (χ0n) is 12.3. The lowest BCUT2D eigenvalue weighted by atomic mass is 9.90. The number of thiophene rings is 1. The number of carbonyl (C=O) groups is 2. The number of carboxylic acids is 1. The highest BCUT2D eigenvalue weighted by Gasteiger charge is 2.43. The summed E-state index contributed by atoms with van der Waals surface area (Å²) in [6.07, 6.45) is 6.05. The number of aliphatic carboxylic acids is 1. The van der Waals surface area contributed by atoms with Crippen molar-refractivity contribution in [3.63, 3.8) is 0 Å². The quantitative estimate of drug-likeness (QED) is 0.902. The average Bonchev–Trinajstić information content (AvgIpc) is 3.05. The van der Waals surface area contributed by atoms with Crippen LogP contribution in [-0.2, 0) is 17.6 Å². The zero-order valence-corrected chi connectivity index (χ0v) is 13.1. The molecule has 1 aromatic rings. The van der Waals surface area contributed by atoms with E-state index < -0.39 is 11.5 Å². The molecule has 2 N–H and O–H groups in total. The topological polar surface area (TPSA) is 66.4 Å². The van der Waals surface area contributed by atoms with Crippen LogP contribution in [0.1, 0.15) is 59.1 Å². The molecule has 0 aromatic carbocycles. The largest absolute Gasteiger partial charge is 0.480 e. The molecule has 0 bridgehead atoms. The van der Waals surface area contributed by atoms with Crippen LogP contribution in [0.15, 0.2) is 6.07 Å². The van der Waals surface area contributed by atoms with Gasteiger partial charge in [-0.3, -0.25) is 4.79 Å². The first-order valence-electron chi connectivity index (χ1n) is 7.68. The molecule has 1 fully saturated rings. The Hall–Kier alpha value is -1.36. The number of carboxylic acid groups (broad SMARTS) is 1. The van der Waals surface area contributed by atoms with Crippen molar-refractivity contribution in [2.45, 2.75) is 57.4 Å². The van der Waals surface area contributed by atoms with E-state index in [0.29, 0.717) is 23.6 Å². The van der Waals surface area contributed by atoms with Crippen LogP contribution in [0.25, 0.3) is 0 Å². The summed E-state index contributed by atoms with van der Waals surface area (Å²) in [7, 11) is 0. The summed E-state index contributed by atoms with van der Waals surface area (Å²) in [5, 5.41) is 12.2. The van der Waals surface area contributed by atoms with E-state index in [1.165, 1.54) is 28.2 Å². The van der Waals surface area contributed by atoms with Gasteiger partial charge >= 0.3 is 5.97 Å². The van der Waals surface area contributed by atoms with E-state index in [1.807, 2.05) is 6.07 Å². The van der Waals surface area contributed by atoms with Gasteiger partial charge in [-0.1, -0.05) is 19.8 Å². The summed E-state index contributed by atoms with van der Waals surface area (Å²) in [5.74, 6) is -0.446. The number of hydrogen-bond acceptors (Lipinski definition) is 3. The van der Waals surface area contributed by atoms with E-state index in [9.17, 15) is 14.7 Å². The lowest BCUT2D eigenvalue weighted by molar-refractivity contribution is -0.144. The average molecular weight is 307 g/mol. The zero-order chi connectivity index (χ0) is 15.0. The Balaban J connectivity index is 1.78. The standard InChI is InChI=1S/C16H21NO3S/c1-10-4-5-12-11(8-10)9-13(21-12)14(18)17-16(15(19)20)6-2-3-7-16/h9-10H,2-8H2,1H3,(H,17,18)(H,19,20). The number of carbonyl (C=O) groups excluding carboxylic acids is 1. The maximum atomic E-state index is 12.4. The Morgan fingerprint density at radius 3 is 2.76 bits per heavy atom. The van der Waals surface area contributed by atoms with Crippen molar-refractivity contribution in [1.82, 2.24) is 5.32 Å². The first-order valence-corrected chi connectivity index (χ1v) is 8.49. The number of nitrogens with one attached hydrogen (secondary N) is 1. The molecule has 1 unspecified atom stereocenters. The summed E-state index contributed by atoms with van der Waals surface area (Å²) in [4.78, 5) is 25.9. The van der Waals surface area contributed by atoms with Crippen LogP contribution in [0.4, 0.5) is 0 Å². The van der Waals surface area contributed by atoms with Gasteiger partial charge in [0, 0.05) is 4.88 Å². The third-order valence-corrected chi connectivity index (χ3v) is 6.01. The third kappa shape index (κ3) is 2.71. The van der Waals surface area contributed by atoms with Gasteiger partial charge in [0.2, 0.25) is 0 Å². The number of aryl methyl sites for hydroxylation is 1. The lowest BCUT2D eigenvalue weighted by Crippen LogP contribution is -2.52. The van der Waals surface area contributed by atoms with Crippen molar-refractivity contribution >= 4 is 23.2 Å². The highest BCUT2D eigenvalue weighted by atomic mass is 32.1. The van der Waals surface area contributed by atoms with Crippen LogP contribution in [0.5, 0.6) is 0 Å². The Bertz CT molecular complexity index is 572. The van der Waals surface area contributed by atoms with Crippen molar-refractivity contribution in [3.8, 4) is 0 Å². The van der Waals surface area contributed by atoms with Gasteiger partial charge in [0.25, 0.3) is 5.91 Å². The molecule has 114 valence electrons. The molecule has 1 atom stereocenters. The molecule has 0 spiro atoms. The minimum atomic E-state index is -1.05. The van der Waals surface area contributed by atoms with Gasteiger partial charge in [-0.05, 0) is 49.7 Å². The molecular weight excluding hydrogens is 286 g/mol. The Morgan fingerprint density at radius 2 is 2.10 bits per heavy atom. The smallest absolute Gasteiger partial charge is 0.329 e. The van der Waals surface area contributed by atoms with Crippen molar-refractivity contribution in [1.29, 1.82) is 0 Å². The van der Waals surface area contributed by atoms with E-state index in [-0.39, 0.29) is 5.91 Å². The first-order chi connectivity index (χ1) is 10.00. The highest BCUT2D eigenvalue weighted by molar-refractivity contribution is 7.14. The minimum absolute atomic E-state index is 0.216. The molecule has 5 heteroatoms. The predicted octanol–water partition coefficient (Wildman–Crippen LogP) is 3.00. The monoisotopic (exact) mass is 307 g/mol. The van der Waals surface area contributed by atoms with Gasteiger partial charge < -0.3 is 10.4 Å². The first kappa shape index (κ1) is 14.6. The maximum absolute atomic E-state index is 12.4. The molecule has 1 amide bonds. The number of rotatable bonds is 3. The molecule has 2 aliphatic rings. The van der Waals surface area contributed by atoms with E-state index in [0.717, 1.165) is 25.7 Å². The lowest BCUT2D eigenvalue weighted by Gasteiger charge is -2.24. The van der Waals surface area contributed by atoms with Crippen LogP contribution in [0, 0.1) is 5.92 Å². The highest BCUT2D eigenvalue weighted by Crippen LogP contribution is 2.34. The van der Waals surface area contributed by atoms with Crippen LogP contribution in [0.2, 0.25) is 0 Å². The summed E-state index contributed by atoms with van der Waals surface area (Å²) >= 11 is 1.53. The Labute approximate surface area is 128 Å². The van der Waals surface area contributed by atoms with Crippen LogP contribution in [-0.4, -0.2) is 22.5 Å². The minimum Gasteiger partial charge on any atom is -0.480 e. The molecule has 1 saturated carbocycles. The van der Waals surface area contributed by atoms with Crippen LogP contribution >= 0.6 is 11.3 Å². The normalized spacial score (nSPS) is 23.6. The number of fused-ring (bicyclic) bond motifs is 1. The second kappa shape index (κ2) is 5.44. The molecule has 1 heterocycles. The summed E-state index contributed by atoms with van der Waals surface area (Å²) in [6.45, 7) is 2.23. The van der Waals surface area contributed by atoms with Gasteiger partial charge in [-0.2, -0.15) is 0 Å². The van der Waals surface area contributed by atoms with Crippen LogP contribution in [0.3, 0.4) is 0 Å². The molecule has 1 aromatic heterocycles. The third-order valence-electron chi connectivity index (χ3n) is 4.77. The van der Waals surface area contributed by atoms with Gasteiger partial charge in [0.05, 0.1) is 4.88 Å². The fraction of sp³-hybridized carbons (Fsp3) is 0.625. The van der Waals surface area contributed by atoms with Gasteiger partial charge in [-0.25, -0.2) is 4.79 Å². The fourth-order valence-corrected chi connectivity index (χ4v) is 4.57. The molecule has 0 aliphatic heterocycles. The van der Waals surface area contributed by atoms with Crippen molar-refractivity contribution in [2.24, 2.45) is 5.92 Å². The maximum Gasteiger partial charge on any atom is 0.329 e. The molecule has 21 heavy (non-hydrogen) atoms. The van der Waals surface area contributed by atoms with Gasteiger partial charge in [0.1, 0.15) is 5.54 Å². The van der Waals surface area contributed by atoms with E-state index >= 15 is 0 Å². The van der Waals surface area contributed by atoms with Crippen molar-refractivity contribution in [2.75, 3.05) is 0 Å². The van der Waals surface area contributed by atoms with E-state index in [1.54, 1.807) is 0 Å². The molecular formula is C16H21NO3S. The molecule has 2 aliphatic carbocycles. The van der Waals surface area contributed by atoms with Crippen molar-refractivity contribution in [3.05, 3.63) is 21.4 Å². The molecule has 0 saturated heterocycles. The summed E-state index contributed by atoms with van der Waals surface area (Å²) in [5.41, 5.74) is 0.231. The molecule has 4 nitrogen and oxygen atoms in total. The summed E-state index contributed by atoms with van der Waals surface area (Å²) < 4.78 is 0. The van der Waals surface area contributed by atoms with E-state index in [2.05, 4.69) is 12.2 Å². The second-order valence-electron chi connectivity index (χ2n) is 6.46. The Morgan fingerprint density at radius 1 is 1.38 bits per heavy atom. The SMILES string of the molecule is CC1CCc2sc(C(=O)NC3(C(=O)O)CCCC3)cc2C1. The van der Waals surface area contributed by atoms with Gasteiger partial charge in [0.15, 0.2) is 0 Å².